The van der Waals surface area contributed by atoms with Gasteiger partial charge in [-0.05, 0) is 199 Å². The van der Waals surface area contributed by atoms with Crippen molar-refractivity contribution in [1.29, 1.82) is 0 Å². The molecule has 0 radical (unpaired) electrons. The lowest BCUT2D eigenvalue weighted by atomic mass is 9.43. The van der Waals surface area contributed by atoms with Gasteiger partial charge in [0.1, 0.15) is 0 Å². The molecule has 0 unspecified atom stereocenters. The zero-order chi connectivity index (χ0) is 37.5. The second-order valence-electron chi connectivity index (χ2n) is 20.5. The molecule has 1 nitrogen and oxygen atoms in total. The molecule has 284 valence electrons. The number of rotatable bonds is 3. The van der Waals surface area contributed by atoms with E-state index in [1.165, 1.54) is 124 Å². The smallest absolute Gasteiger partial charge is 0.0554 e. The molecule has 58 heavy (non-hydrogen) atoms. The second kappa shape index (κ2) is 11.1. The van der Waals surface area contributed by atoms with Gasteiger partial charge in [-0.3, -0.25) is 0 Å². The molecule has 0 amide bonds. The molecule has 8 bridgehead atoms. The molecule has 10 aliphatic carbocycles. The molecule has 1 heterocycles. The number of thiophene rings is 1. The van der Waals surface area contributed by atoms with Gasteiger partial charge in [0.25, 0.3) is 0 Å². The van der Waals surface area contributed by atoms with E-state index >= 15 is 0 Å². The SMILES string of the molecule is c1ccc2c(c1)-c1ccc(N(c3ccc4c(c3)C3(c5ccccc5-4)C4CC5CC(C4)CC3C5)c3cccc4sc5ccccc5c34)cc1C21C2CC3CC(C2)CC1C3. The predicted octanol–water partition coefficient (Wildman–Crippen LogP) is 15.0. The molecule has 0 N–H and O–H groups in total. The van der Waals surface area contributed by atoms with Crippen molar-refractivity contribution in [3.8, 4) is 22.3 Å². The van der Waals surface area contributed by atoms with Crippen LogP contribution in [0.4, 0.5) is 17.1 Å². The maximum absolute atomic E-state index is 2.73. The highest BCUT2D eigenvalue weighted by Gasteiger charge is 2.63. The average molecular weight is 768 g/mol. The highest BCUT2D eigenvalue weighted by atomic mass is 32.1. The van der Waals surface area contributed by atoms with Crippen LogP contribution in [-0.2, 0) is 10.8 Å². The van der Waals surface area contributed by atoms with Crippen LogP contribution < -0.4 is 4.90 Å². The molecule has 10 aliphatic rings. The van der Waals surface area contributed by atoms with Gasteiger partial charge in [0.15, 0.2) is 0 Å². The van der Waals surface area contributed by atoms with Crippen molar-refractivity contribution < 1.29 is 0 Å². The lowest BCUT2D eigenvalue weighted by Gasteiger charge is -2.61. The molecule has 1 aromatic heterocycles. The zero-order valence-electron chi connectivity index (χ0n) is 33.2. The first-order valence-electron chi connectivity index (χ1n) is 22.9. The van der Waals surface area contributed by atoms with Crippen LogP contribution in [0.1, 0.15) is 86.5 Å². The molecule has 2 heteroatoms. The normalized spacial score (nSPS) is 33.7. The number of hydrogen-bond donors (Lipinski definition) is 0. The van der Waals surface area contributed by atoms with Crippen molar-refractivity contribution in [2.45, 2.75) is 75.0 Å². The summed E-state index contributed by atoms with van der Waals surface area (Å²) in [6, 6.07) is 51.0. The Morgan fingerprint density at radius 1 is 0.397 bits per heavy atom. The zero-order valence-corrected chi connectivity index (χ0v) is 34.0. The summed E-state index contributed by atoms with van der Waals surface area (Å²) >= 11 is 1.95. The lowest BCUT2D eigenvalue weighted by Crippen LogP contribution is -2.55. The molecule has 0 aliphatic heterocycles. The van der Waals surface area contributed by atoms with Crippen molar-refractivity contribution in [2.75, 3.05) is 4.90 Å². The number of nitrogens with zero attached hydrogens (tertiary/aromatic N) is 1. The number of hydrogen-bond acceptors (Lipinski definition) is 2. The van der Waals surface area contributed by atoms with Crippen LogP contribution in [0.15, 0.2) is 127 Å². The number of anilines is 3. The van der Waals surface area contributed by atoms with Gasteiger partial charge < -0.3 is 4.90 Å². The molecule has 8 fully saturated rings. The Morgan fingerprint density at radius 2 is 0.845 bits per heavy atom. The highest BCUT2D eigenvalue weighted by Crippen LogP contribution is 2.71. The number of fused-ring (bicyclic) bond motifs is 9. The quantitative estimate of drug-likeness (QED) is 0.173. The van der Waals surface area contributed by atoms with E-state index in [0.717, 1.165) is 47.3 Å². The third-order valence-corrected chi connectivity index (χ3v) is 19.3. The topological polar surface area (TPSA) is 3.24 Å². The lowest BCUT2D eigenvalue weighted by molar-refractivity contribution is -0.0399. The van der Waals surface area contributed by atoms with Gasteiger partial charge in [0.05, 0.1) is 5.69 Å². The summed E-state index contributed by atoms with van der Waals surface area (Å²) in [6.45, 7) is 0. The molecule has 0 saturated heterocycles. The molecule has 0 atom stereocenters. The first-order chi connectivity index (χ1) is 28.7. The van der Waals surface area contributed by atoms with Gasteiger partial charge in [-0.25, -0.2) is 0 Å². The molecular weight excluding hydrogens is 719 g/mol. The van der Waals surface area contributed by atoms with Crippen molar-refractivity contribution in [3.63, 3.8) is 0 Å². The van der Waals surface area contributed by atoms with Gasteiger partial charge in [-0.15, -0.1) is 11.3 Å². The molecule has 17 rings (SSSR count). The van der Waals surface area contributed by atoms with Gasteiger partial charge in [-0.1, -0.05) is 84.9 Å². The second-order valence-corrected chi connectivity index (χ2v) is 21.6. The summed E-state index contributed by atoms with van der Waals surface area (Å²) in [5.74, 6) is 6.71. The van der Waals surface area contributed by atoms with E-state index < -0.39 is 0 Å². The van der Waals surface area contributed by atoms with Crippen LogP contribution in [0.3, 0.4) is 0 Å². The Morgan fingerprint density at radius 3 is 1.38 bits per heavy atom. The van der Waals surface area contributed by atoms with Gasteiger partial charge in [-0.2, -0.15) is 0 Å². The maximum atomic E-state index is 2.73. The predicted molar refractivity (Wildman–Crippen MR) is 241 cm³/mol. The van der Waals surface area contributed by atoms with E-state index in [4.69, 9.17) is 0 Å². The Hall–Kier alpha value is -4.66. The van der Waals surface area contributed by atoms with Crippen LogP contribution in [0, 0.1) is 47.3 Å². The molecule has 8 saturated carbocycles. The van der Waals surface area contributed by atoms with E-state index in [1.54, 1.807) is 22.3 Å². The maximum Gasteiger partial charge on any atom is 0.0554 e. The van der Waals surface area contributed by atoms with Crippen molar-refractivity contribution in [2.24, 2.45) is 47.3 Å². The number of benzene rings is 6. The van der Waals surface area contributed by atoms with Crippen LogP contribution >= 0.6 is 11.3 Å². The van der Waals surface area contributed by atoms with E-state index in [2.05, 4.69) is 132 Å². The Bertz CT molecular complexity index is 2710. The van der Waals surface area contributed by atoms with Crippen LogP contribution in [0.25, 0.3) is 42.4 Å². The van der Waals surface area contributed by atoms with E-state index in [0.29, 0.717) is 0 Å². The van der Waals surface area contributed by atoms with Gasteiger partial charge >= 0.3 is 0 Å². The van der Waals surface area contributed by atoms with Crippen LogP contribution in [0.5, 0.6) is 0 Å². The minimum Gasteiger partial charge on any atom is -0.310 e. The summed E-state index contributed by atoms with van der Waals surface area (Å²) < 4.78 is 2.75. The van der Waals surface area contributed by atoms with Crippen molar-refractivity contribution in [1.82, 2.24) is 0 Å². The largest absolute Gasteiger partial charge is 0.310 e. The molecule has 2 spiro atoms. The monoisotopic (exact) mass is 767 g/mol. The average Bonchev–Trinajstić information content (AvgIpc) is 3.87. The fraction of sp³-hybridized carbons (Fsp3) is 0.357. The molecule has 6 aromatic carbocycles. The third-order valence-electron chi connectivity index (χ3n) is 18.2. The fourth-order valence-electron chi connectivity index (χ4n) is 16.9. The minimum absolute atomic E-state index is 0.131. The summed E-state index contributed by atoms with van der Waals surface area (Å²) in [5.41, 5.74) is 16.8. The molecule has 7 aromatic rings. The van der Waals surface area contributed by atoms with Crippen LogP contribution in [0.2, 0.25) is 0 Å². The summed E-state index contributed by atoms with van der Waals surface area (Å²) in [5, 5.41) is 2.77. The first-order valence-corrected chi connectivity index (χ1v) is 23.7. The van der Waals surface area contributed by atoms with E-state index in [1.807, 2.05) is 11.3 Å². The summed E-state index contributed by atoms with van der Waals surface area (Å²) in [4.78, 5) is 2.72. The summed E-state index contributed by atoms with van der Waals surface area (Å²) in [7, 11) is 0. The first kappa shape index (κ1) is 32.2. The highest BCUT2D eigenvalue weighted by molar-refractivity contribution is 7.26. The van der Waals surface area contributed by atoms with Crippen molar-refractivity contribution in [3.05, 3.63) is 150 Å². The summed E-state index contributed by atoms with van der Waals surface area (Å²) in [6.07, 6.45) is 14.2. The van der Waals surface area contributed by atoms with Gasteiger partial charge in [0.2, 0.25) is 0 Å². The Balaban J connectivity index is 0.991. The van der Waals surface area contributed by atoms with E-state index in [-0.39, 0.29) is 10.8 Å². The minimum atomic E-state index is 0.131. The van der Waals surface area contributed by atoms with E-state index in [9.17, 15) is 0 Å². The van der Waals surface area contributed by atoms with Gasteiger partial charge in [0, 0.05) is 42.4 Å². The fourth-order valence-corrected chi connectivity index (χ4v) is 18.1. The Labute approximate surface area is 346 Å². The molecular formula is C56H49NS. The van der Waals surface area contributed by atoms with Crippen molar-refractivity contribution >= 4 is 48.6 Å². The van der Waals surface area contributed by atoms with Crippen LogP contribution in [-0.4, -0.2) is 0 Å². The standard InChI is InChI=1S/C56H49NS/c1-4-11-47-42(8-1)44-18-16-40(30-49(44)55(47)36-22-32-20-33(24-36)25-37(55)23-32)57(51-13-7-15-53-54(51)46-10-3-6-14-52(46)58-53)41-17-19-45-43-9-2-5-12-48(43)56(50(45)31-41)38-26-34-21-35(28-38)29-39(56)27-34/h1-19,30-39H,20-29H2. The third kappa shape index (κ3) is 3.83. The Kier molecular flexibility index (Phi) is 6.18.